The molecule has 5 nitrogen and oxygen atoms in total. The maximum atomic E-state index is 14.5. The molecule has 1 N–H and O–H groups in total. The molecule has 1 aromatic rings. The van der Waals surface area contributed by atoms with Gasteiger partial charge in [0.2, 0.25) is 5.91 Å². The van der Waals surface area contributed by atoms with Crippen molar-refractivity contribution in [1.82, 2.24) is 15.1 Å². The third kappa shape index (κ3) is 2.98. The molecule has 0 bridgehead atoms. The maximum Gasteiger partial charge on any atom is 0.240 e. The predicted octanol–water partition coefficient (Wildman–Crippen LogP) is 1.88. The molecule has 3 rings (SSSR count). The molecule has 0 aliphatic carbocycles. The maximum absolute atomic E-state index is 14.5. The predicted molar refractivity (Wildman–Crippen MR) is 90.8 cm³/mol. The Morgan fingerprint density at radius 2 is 2.04 bits per heavy atom. The number of piperazine rings is 1. The molecule has 0 radical (unpaired) electrons. The van der Waals surface area contributed by atoms with Gasteiger partial charge in [0.05, 0.1) is 7.11 Å². The second-order valence-electron chi connectivity index (χ2n) is 6.53. The SMILES string of the molecule is COc1ccc(Cl)c(CN2CCC3(CC2)C(=O)NCCN3C)c1F. The number of hydrogen-bond acceptors (Lipinski definition) is 4. The normalized spacial score (nSPS) is 21.8. The van der Waals surface area contributed by atoms with Crippen molar-refractivity contribution in [1.29, 1.82) is 0 Å². The molecule has 7 heteroatoms. The van der Waals surface area contributed by atoms with E-state index in [1.807, 2.05) is 7.05 Å². The second kappa shape index (κ2) is 6.86. The van der Waals surface area contributed by atoms with Crippen molar-refractivity contribution in [2.24, 2.45) is 0 Å². The number of ether oxygens (including phenoxy) is 1. The van der Waals surface area contributed by atoms with Crippen LogP contribution in [0.4, 0.5) is 4.39 Å². The largest absolute Gasteiger partial charge is 0.494 e. The Morgan fingerprint density at radius 3 is 2.67 bits per heavy atom. The van der Waals surface area contributed by atoms with Crippen LogP contribution in [0.25, 0.3) is 0 Å². The minimum absolute atomic E-state index is 0.112. The van der Waals surface area contributed by atoms with Gasteiger partial charge in [-0.1, -0.05) is 11.6 Å². The van der Waals surface area contributed by atoms with Crippen molar-refractivity contribution < 1.29 is 13.9 Å². The van der Waals surface area contributed by atoms with Crippen LogP contribution >= 0.6 is 11.6 Å². The lowest BCUT2D eigenvalue weighted by Crippen LogP contribution is -2.66. The fraction of sp³-hybridized carbons (Fsp3) is 0.588. The van der Waals surface area contributed by atoms with Crippen molar-refractivity contribution in [3.63, 3.8) is 0 Å². The van der Waals surface area contributed by atoms with Gasteiger partial charge in [-0.25, -0.2) is 4.39 Å². The number of methoxy groups -OCH3 is 1. The molecule has 2 aliphatic rings. The summed E-state index contributed by atoms with van der Waals surface area (Å²) in [6.45, 7) is 3.44. The first kappa shape index (κ1) is 17.5. The number of benzene rings is 1. The molecule has 0 aromatic heterocycles. The van der Waals surface area contributed by atoms with E-state index in [0.717, 1.165) is 32.5 Å². The molecule has 2 fully saturated rings. The highest BCUT2D eigenvalue weighted by atomic mass is 35.5. The number of nitrogens with zero attached hydrogens (tertiary/aromatic N) is 2. The Bertz CT molecular complexity index is 633. The molecule has 1 amide bonds. The van der Waals surface area contributed by atoms with Crippen LogP contribution in [0.1, 0.15) is 18.4 Å². The van der Waals surface area contributed by atoms with Gasteiger partial charge in [0, 0.05) is 43.3 Å². The lowest BCUT2D eigenvalue weighted by molar-refractivity contribution is -0.140. The molecule has 1 aromatic carbocycles. The Labute approximate surface area is 146 Å². The van der Waals surface area contributed by atoms with Gasteiger partial charge < -0.3 is 10.1 Å². The number of amides is 1. The molecule has 2 heterocycles. The summed E-state index contributed by atoms with van der Waals surface area (Å²) in [7, 11) is 3.45. The van der Waals surface area contributed by atoms with Gasteiger partial charge >= 0.3 is 0 Å². The van der Waals surface area contributed by atoms with Crippen LogP contribution in [-0.4, -0.2) is 61.6 Å². The van der Waals surface area contributed by atoms with Crippen molar-refractivity contribution in [3.8, 4) is 5.75 Å². The van der Waals surface area contributed by atoms with Gasteiger partial charge in [0.15, 0.2) is 11.6 Å². The summed E-state index contributed by atoms with van der Waals surface area (Å²) in [6.07, 6.45) is 1.47. The van der Waals surface area contributed by atoms with E-state index < -0.39 is 11.4 Å². The van der Waals surface area contributed by atoms with Crippen LogP contribution in [-0.2, 0) is 11.3 Å². The topological polar surface area (TPSA) is 44.8 Å². The first-order valence-electron chi connectivity index (χ1n) is 8.21. The smallest absolute Gasteiger partial charge is 0.240 e. The monoisotopic (exact) mass is 355 g/mol. The lowest BCUT2D eigenvalue weighted by atomic mass is 9.83. The van der Waals surface area contributed by atoms with Crippen molar-refractivity contribution in [2.75, 3.05) is 40.3 Å². The standard InChI is InChI=1S/C17H23ClFN3O2/c1-21-10-7-20-16(23)17(21)5-8-22(9-6-17)11-12-13(18)3-4-14(24-2)15(12)19/h3-4H,5-11H2,1-2H3,(H,20,23). The molecular weight excluding hydrogens is 333 g/mol. The Hall–Kier alpha value is -1.37. The second-order valence-corrected chi connectivity index (χ2v) is 6.93. The van der Waals surface area contributed by atoms with Gasteiger partial charge in [0.25, 0.3) is 0 Å². The fourth-order valence-corrected chi connectivity index (χ4v) is 3.89. The Morgan fingerprint density at radius 1 is 1.33 bits per heavy atom. The van der Waals surface area contributed by atoms with Crippen molar-refractivity contribution in [2.45, 2.75) is 24.9 Å². The van der Waals surface area contributed by atoms with Gasteiger partial charge in [-0.15, -0.1) is 0 Å². The number of rotatable bonds is 3. The van der Waals surface area contributed by atoms with Crippen LogP contribution < -0.4 is 10.1 Å². The lowest BCUT2D eigenvalue weighted by Gasteiger charge is -2.48. The van der Waals surface area contributed by atoms with Gasteiger partial charge in [-0.05, 0) is 32.0 Å². The summed E-state index contributed by atoms with van der Waals surface area (Å²) in [4.78, 5) is 16.7. The molecule has 0 atom stereocenters. The van der Waals surface area contributed by atoms with E-state index in [4.69, 9.17) is 16.3 Å². The molecule has 0 saturated carbocycles. The summed E-state index contributed by atoms with van der Waals surface area (Å²) in [5, 5.41) is 3.38. The molecule has 2 saturated heterocycles. The minimum atomic E-state index is -0.425. The third-order valence-corrected chi connectivity index (χ3v) is 5.68. The number of halogens is 2. The van der Waals surface area contributed by atoms with Gasteiger partial charge in [0.1, 0.15) is 5.54 Å². The third-order valence-electron chi connectivity index (χ3n) is 5.32. The fourth-order valence-electron chi connectivity index (χ4n) is 3.68. The van der Waals surface area contributed by atoms with Crippen LogP contribution in [0.3, 0.4) is 0 Å². The summed E-state index contributed by atoms with van der Waals surface area (Å²) in [5.41, 5.74) is 0.0271. The van der Waals surface area contributed by atoms with Gasteiger partial charge in [-0.3, -0.25) is 14.6 Å². The average molecular weight is 356 g/mol. The molecule has 2 aliphatic heterocycles. The van der Waals surface area contributed by atoms with E-state index in [9.17, 15) is 9.18 Å². The van der Waals surface area contributed by atoms with E-state index in [1.165, 1.54) is 13.2 Å². The van der Waals surface area contributed by atoms with E-state index in [1.54, 1.807) is 6.07 Å². The molecule has 1 spiro atoms. The summed E-state index contributed by atoms with van der Waals surface area (Å²) in [5.74, 6) is -0.0893. The van der Waals surface area contributed by atoms with Crippen LogP contribution in [0.15, 0.2) is 12.1 Å². The zero-order valence-electron chi connectivity index (χ0n) is 14.1. The first-order chi connectivity index (χ1) is 11.5. The molecular formula is C17H23ClFN3O2. The van der Waals surface area contributed by atoms with Gasteiger partial charge in [-0.2, -0.15) is 0 Å². The number of nitrogens with one attached hydrogen (secondary N) is 1. The molecule has 132 valence electrons. The van der Waals surface area contributed by atoms with Crippen LogP contribution in [0.5, 0.6) is 5.75 Å². The highest BCUT2D eigenvalue weighted by Gasteiger charge is 2.46. The average Bonchev–Trinajstić information content (AvgIpc) is 2.58. The van der Waals surface area contributed by atoms with E-state index in [0.29, 0.717) is 23.7 Å². The van der Waals surface area contributed by atoms with E-state index in [-0.39, 0.29) is 11.7 Å². The number of carbonyl (C=O) groups is 1. The molecule has 0 unspecified atom stereocenters. The minimum Gasteiger partial charge on any atom is -0.494 e. The Balaban J connectivity index is 1.71. The molecule has 24 heavy (non-hydrogen) atoms. The Kier molecular flexibility index (Phi) is 4.99. The number of piperidine rings is 1. The number of hydrogen-bond donors (Lipinski definition) is 1. The summed E-state index contributed by atoms with van der Waals surface area (Å²) < 4.78 is 19.5. The summed E-state index contributed by atoms with van der Waals surface area (Å²) in [6, 6.07) is 3.19. The van der Waals surface area contributed by atoms with E-state index >= 15 is 0 Å². The zero-order chi connectivity index (χ0) is 17.3. The van der Waals surface area contributed by atoms with Crippen LogP contribution in [0, 0.1) is 5.82 Å². The number of carbonyl (C=O) groups excluding carboxylic acids is 1. The van der Waals surface area contributed by atoms with Crippen molar-refractivity contribution in [3.05, 3.63) is 28.5 Å². The number of likely N-dealkylation sites (tertiary alicyclic amines) is 1. The van der Waals surface area contributed by atoms with E-state index in [2.05, 4.69) is 15.1 Å². The quantitative estimate of drug-likeness (QED) is 0.899. The number of likely N-dealkylation sites (N-methyl/N-ethyl adjacent to an activating group) is 1. The zero-order valence-corrected chi connectivity index (χ0v) is 14.8. The van der Waals surface area contributed by atoms with Crippen LogP contribution in [0.2, 0.25) is 5.02 Å². The highest BCUT2D eigenvalue weighted by Crippen LogP contribution is 2.33. The first-order valence-corrected chi connectivity index (χ1v) is 8.58. The highest BCUT2D eigenvalue weighted by molar-refractivity contribution is 6.31. The van der Waals surface area contributed by atoms with Crippen molar-refractivity contribution >= 4 is 17.5 Å². The summed E-state index contributed by atoms with van der Waals surface area (Å²) >= 11 is 6.17.